The Labute approximate surface area is 116 Å². The molecule has 0 fully saturated rings. The van der Waals surface area contributed by atoms with E-state index in [9.17, 15) is 4.79 Å². The van der Waals surface area contributed by atoms with Crippen LogP contribution in [0.15, 0.2) is 15.5 Å². The maximum absolute atomic E-state index is 12.0. The molecule has 1 heterocycles. The zero-order valence-corrected chi connectivity index (χ0v) is 12.8. The Balaban J connectivity index is 2.80. The topological polar surface area (TPSA) is 56.1 Å². The molecule has 1 rings (SSSR count). The maximum Gasteiger partial charge on any atom is 0.283 e. The molecule has 18 heavy (non-hydrogen) atoms. The molecule has 0 spiro atoms. The summed E-state index contributed by atoms with van der Waals surface area (Å²) in [6.07, 6.45) is 1.75. The van der Waals surface area contributed by atoms with Crippen LogP contribution in [0.2, 0.25) is 0 Å². The highest BCUT2D eigenvalue weighted by atomic mass is 79.9. The molecular formula is C12H20BrN3O2. The molecule has 1 aromatic rings. The lowest BCUT2D eigenvalue weighted by Crippen LogP contribution is -2.27. The summed E-state index contributed by atoms with van der Waals surface area (Å²) in [6.45, 7) is 9.09. The first-order valence-electron chi connectivity index (χ1n) is 6.10. The second-order valence-corrected chi connectivity index (χ2v) is 5.16. The molecule has 1 atom stereocenters. The third kappa shape index (κ3) is 3.81. The standard InChI is InChI=1S/C12H20BrN3O2/c1-5-18-9(4)6-14-10-7-15-16(8(2)3)12(17)11(10)13/h7-9,14H,5-6H2,1-4H3. The van der Waals surface area contributed by atoms with E-state index >= 15 is 0 Å². The summed E-state index contributed by atoms with van der Waals surface area (Å²) >= 11 is 3.31. The summed E-state index contributed by atoms with van der Waals surface area (Å²) in [5.41, 5.74) is 0.572. The van der Waals surface area contributed by atoms with Gasteiger partial charge in [-0.3, -0.25) is 4.79 Å². The van der Waals surface area contributed by atoms with Crippen LogP contribution < -0.4 is 10.9 Å². The Morgan fingerprint density at radius 3 is 2.72 bits per heavy atom. The van der Waals surface area contributed by atoms with Crippen LogP contribution in [-0.2, 0) is 4.74 Å². The van der Waals surface area contributed by atoms with Gasteiger partial charge in [-0.15, -0.1) is 0 Å². The maximum atomic E-state index is 12.0. The predicted molar refractivity (Wildman–Crippen MR) is 76.2 cm³/mol. The van der Waals surface area contributed by atoms with E-state index in [1.165, 1.54) is 4.68 Å². The van der Waals surface area contributed by atoms with Crippen molar-refractivity contribution in [1.82, 2.24) is 9.78 Å². The third-order valence-electron chi connectivity index (χ3n) is 2.46. The summed E-state index contributed by atoms with van der Waals surface area (Å²) in [6, 6.07) is 0.0465. The highest BCUT2D eigenvalue weighted by molar-refractivity contribution is 9.10. The Hall–Kier alpha value is -0.880. The number of nitrogens with one attached hydrogen (secondary N) is 1. The first-order valence-corrected chi connectivity index (χ1v) is 6.89. The number of rotatable bonds is 6. The van der Waals surface area contributed by atoms with Gasteiger partial charge >= 0.3 is 0 Å². The van der Waals surface area contributed by atoms with Crippen LogP contribution in [0.1, 0.15) is 33.7 Å². The van der Waals surface area contributed by atoms with E-state index in [4.69, 9.17) is 4.74 Å². The van der Waals surface area contributed by atoms with Gasteiger partial charge in [0.2, 0.25) is 0 Å². The molecule has 1 unspecified atom stereocenters. The van der Waals surface area contributed by atoms with Crippen LogP contribution in [0.5, 0.6) is 0 Å². The van der Waals surface area contributed by atoms with E-state index in [1.807, 2.05) is 27.7 Å². The van der Waals surface area contributed by atoms with Gasteiger partial charge < -0.3 is 10.1 Å². The van der Waals surface area contributed by atoms with Crippen LogP contribution in [0, 0.1) is 0 Å². The van der Waals surface area contributed by atoms with Crippen molar-refractivity contribution >= 4 is 21.6 Å². The Morgan fingerprint density at radius 2 is 2.17 bits per heavy atom. The van der Waals surface area contributed by atoms with Crippen LogP contribution >= 0.6 is 15.9 Å². The Bertz CT molecular complexity index is 445. The van der Waals surface area contributed by atoms with E-state index < -0.39 is 0 Å². The van der Waals surface area contributed by atoms with Crippen LogP contribution in [0.3, 0.4) is 0 Å². The highest BCUT2D eigenvalue weighted by Gasteiger charge is 2.11. The molecule has 1 N–H and O–H groups in total. The second-order valence-electron chi connectivity index (χ2n) is 4.36. The lowest BCUT2D eigenvalue weighted by Gasteiger charge is -2.15. The van der Waals surface area contributed by atoms with Crippen molar-refractivity contribution in [1.29, 1.82) is 0 Å². The van der Waals surface area contributed by atoms with Gasteiger partial charge in [-0.2, -0.15) is 5.10 Å². The summed E-state index contributed by atoms with van der Waals surface area (Å²) in [5.74, 6) is 0. The van der Waals surface area contributed by atoms with Gasteiger partial charge in [0.25, 0.3) is 5.56 Å². The number of halogens is 1. The van der Waals surface area contributed by atoms with E-state index in [0.717, 1.165) is 0 Å². The van der Waals surface area contributed by atoms with Crippen molar-refractivity contribution < 1.29 is 4.74 Å². The molecule has 5 nitrogen and oxygen atoms in total. The first-order chi connectivity index (χ1) is 8.47. The zero-order chi connectivity index (χ0) is 13.7. The van der Waals surface area contributed by atoms with Gasteiger partial charge in [-0.25, -0.2) is 4.68 Å². The smallest absolute Gasteiger partial charge is 0.283 e. The quantitative estimate of drug-likeness (QED) is 0.875. The lowest BCUT2D eigenvalue weighted by atomic mass is 10.3. The number of anilines is 1. The van der Waals surface area contributed by atoms with Crippen molar-refractivity contribution in [2.45, 2.75) is 39.8 Å². The Morgan fingerprint density at radius 1 is 1.50 bits per heavy atom. The molecular weight excluding hydrogens is 298 g/mol. The molecule has 0 saturated heterocycles. The van der Waals surface area contributed by atoms with Crippen molar-refractivity contribution in [3.05, 3.63) is 21.0 Å². The van der Waals surface area contributed by atoms with E-state index in [1.54, 1.807) is 6.20 Å². The molecule has 102 valence electrons. The van der Waals surface area contributed by atoms with Gasteiger partial charge in [-0.1, -0.05) is 0 Å². The van der Waals surface area contributed by atoms with Crippen LogP contribution in [0.25, 0.3) is 0 Å². The van der Waals surface area contributed by atoms with Crippen molar-refractivity contribution in [3.8, 4) is 0 Å². The normalized spacial score (nSPS) is 12.8. The fourth-order valence-corrected chi connectivity index (χ4v) is 1.96. The van der Waals surface area contributed by atoms with E-state index in [2.05, 4.69) is 26.3 Å². The average Bonchev–Trinajstić information content (AvgIpc) is 2.31. The number of ether oxygens (including phenoxy) is 1. The van der Waals surface area contributed by atoms with E-state index in [0.29, 0.717) is 23.3 Å². The summed E-state index contributed by atoms with van der Waals surface area (Å²) in [5, 5.41) is 7.29. The van der Waals surface area contributed by atoms with Crippen molar-refractivity contribution in [2.75, 3.05) is 18.5 Å². The minimum atomic E-state index is -0.126. The zero-order valence-electron chi connectivity index (χ0n) is 11.2. The van der Waals surface area contributed by atoms with Crippen LogP contribution in [-0.4, -0.2) is 29.0 Å². The van der Waals surface area contributed by atoms with Crippen molar-refractivity contribution in [2.24, 2.45) is 0 Å². The molecule has 0 saturated carbocycles. The predicted octanol–water partition coefficient (Wildman–Crippen LogP) is 2.42. The van der Waals surface area contributed by atoms with Gasteiger partial charge in [0.15, 0.2) is 0 Å². The molecule has 0 bridgehead atoms. The molecule has 0 aliphatic rings. The Kier molecular flexibility index (Phi) is 5.81. The average molecular weight is 318 g/mol. The lowest BCUT2D eigenvalue weighted by molar-refractivity contribution is 0.0855. The summed E-state index contributed by atoms with van der Waals surface area (Å²) in [4.78, 5) is 12.0. The first kappa shape index (κ1) is 15.2. The fourth-order valence-electron chi connectivity index (χ4n) is 1.53. The van der Waals surface area contributed by atoms with Gasteiger partial charge in [-0.05, 0) is 43.6 Å². The fraction of sp³-hybridized carbons (Fsp3) is 0.667. The van der Waals surface area contributed by atoms with Crippen LogP contribution in [0.4, 0.5) is 5.69 Å². The number of hydrogen-bond donors (Lipinski definition) is 1. The molecule has 0 aliphatic heterocycles. The SMILES string of the molecule is CCOC(C)CNc1cnn(C(C)C)c(=O)c1Br. The minimum Gasteiger partial charge on any atom is -0.380 e. The highest BCUT2D eigenvalue weighted by Crippen LogP contribution is 2.17. The third-order valence-corrected chi connectivity index (χ3v) is 3.23. The molecule has 6 heteroatoms. The summed E-state index contributed by atoms with van der Waals surface area (Å²) < 4.78 is 7.37. The van der Waals surface area contributed by atoms with Gasteiger partial charge in [0.1, 0.15) is 4.47 Å². The second kappa shape index (κ2) is 6.89. The monoisotopic (exact) mass is 317 g/mol. The molecule has 0 radical (unpaired) electrons. The van der Waals surface area contributed by atoms with Gasteiger partial charge in [0, 0.05) is 13.2 Å². The minimum absolute atomic E-state index is 0.0465. The molecule has 1 aromatic heterocycles. The largest absolute Gasteiger partial charge is 0.380 e. The molecule has 0 amide bonds. The van der Waals surface area contributed by atoms with Gasteiger partial charge in [0.05, 0.1) is 24.0 Å². The number of hydrogen-bond acceptors (Lipinski definition) is 4. The summed E-state index contributed by atoms with van der Waals surface area (Å²) in [7, 11) is 0. The molecule has 0 aromatic carbocycles. The van der Waals surface area contributed by atoms with E-state index in [-0.39, 0.29) is 17.7 Å². The number of nitrogens with zero attached hydrogens (tertiary/aromatic N) is 2. The molecule has 0 aliphatic carbocycles. The number of aromatic nitrogens is 2. The van der Waals surface area contributed by atoms with Crippen molar-refractivity contribution in [3.63, 3.8) is 0 Å².